The predicted octanol–water partition coefficient (Wildman–Crippen LogP) is 3.08. The topological polar surface area (TPSA) is 71.1 Å². The second-order valence-electron chi connectivity index (χ2n) is 9.58. The van der Waals surface area contributed by atoms with Gasteiger partial charge in [-0.2, -0.15) is 0 Å². The van der Waals surface area contributed by atoms with Crippen LogP contribution in [-0.2, 0) is 41.2 Å². The molecular weight excluding hydrogens is 407 g/mol. The van der Waals surface area contributed by atoms with Crippen LogP contribution in [0.15, 0.2) is 42.5 Å². The second kappa shape index (κ2) is 7.75. The Balaban J connectivity index is 1.85. The molecule has 1 saturated heterocycles. The highest BCUT2D eigenvalue weighted by atomic mass is 16.7. The molecule has 2 aromatic carbocycles. The number of carbonyl (C=O) groups is 2. The van der Waals surface area contributed by atoms with Crippen molar-refractivity contribution in [2.45, 2.75) is 51.7 Å². The molecule has 0 spiro atoms. The van der Waals surface area contributed by atoms with Crippen LogP contribution in [0.25, 0.3) is 11.1 Å². The Labute approximate surface area is 189 Å². The lowest BCUT2D eigenvalue weighted by atomic mass is 9.73. The van der Waals surface area contributed by atoms with Crippen LogP contribution >= 0.6 is 0 Å². The number of methoxy groups -OCH3 is 2. The summed E-state index contributed by atoms with van der Waals surface area (Å²) in [5, 5.41) is 0. The summed E-state index contributed by atoms with van der Waals surface area (Å²) in [5.74, 6) is -1.17. The number of ether oxygens (including phenoxy) is 2. The van der Waals surface area contributed by atoms with E-state index in [-0.39, 0.29) is 12.8 Å². The summed E-state index contributed by atoms with van der Waals surface area (Å²) < 4.78 is 22.7. The number of rotatable bonds is 4. The van der Waals surface area contributed by atoms with Gasteiger partial charge in [-0.3, -0.25) is 9.59 Å². The molecule has 0 radical (unpaired) electrons. The smallest absolute Gasteiger partial charge is 0.468 e. The number of carbonyl (C=O) groups excluding carboxylic acids is 2. The number of hydrogen-bond donors (Lipinski definition) is 0. The van der Waals surface area contributed by atoms with E-state index in [9.17, 15) is 9.59 Å². The fraction of sp³-hybridized carbons (Fsp3) is 0.440. The Hall–Kier alpha value is -2.64. The highest BCUT2D eigenvalue weighted by Crippen LogP contribution is 2.42. The summed E-state index contributed by atoms with van der Waals surface area (Å²) in [5.41, 5.74) is 2.28. The molecule has 1 fully saturated rings. The molecule has 0 unspecified atom stereocenters. The summed E-state index contributed by atoms with van der Waals surface area (Å²) in [6.45, 7) is 8.06. The van der Waals surface area contributed by atoms with E-state index in [0.717, 1.165) is 27.7 Å². The van der Waals surface area contributed by atoms with Crippen LogP contribution < -0.4 is 5.46 Å². The molecule has 1 heterocycles. The van der Waals surface area contributed by atoms with Gasteiger partial charge in [0.15, 0.2) is 5.41 Å². The van der Waals surface area contributed by atoms with Crippen LogP contribution in [0.4, 0.5) is 0 Å². The van der Waals surface area contributed by atoms with Crippen LogP contribution in [0.3, 0.4) is 0 Å². The van der Waals surface area contributed by atoms with E-state index < -0.39 is 35.7 Å². The number of benzene rings is 2. The lowest BCUT2D eigenvalue weighted by Gasteiger charge is -2.32. The van der Waals surface area contributed by atoms with Crippen LogP contribution in [-0.4, -0.2) is 44.5 Å². The number of hydrogen-bond acceptors (Lipinski definition) is 6. The summed E-state index contributed by atoms with van der Waals surface area (Å²) in [4.78, 5) is 25.4. The molecular formula is C25H29BO6. The molecule has 2 aliphatic rings. The molecule has 4 rings (SSSR count). The monoisotopic (exact) mass is 436 g/mol. The van der Waals surface area contributed by atoms with E-state index in [2.05, 4.69) is 0 Å². The molecule has 1 aliphatic heterocycles. The summed E-state index contributed by atoms with van der Waals surface area (Å²) in [6.07, 6.45) is 0.439. The first-order valence-electron chi connectivity index (χ1n) is 10.8. The first-order chi connectivity index (χ1) is 15.0. The fourth-order valence-electron chi connectivity index (χ4n) is 4.55. The molecule has 0 amide bonds. The standard InChI is InChI=1S/C25H29BO6/c1-23(2)24(3,4)32-26(31-23)20-13-18-15-25(21(27)29-5,22(28)30-6)14-17(18)12-19(20)16-10-8-7-9-11-16/h7-13H,14-15H2,1-6H3. The van der Waals surface area contributed by atoms with Crippen molar-refractivity contribution in [3.05, 3.63) is 53.6 Å². The Kier molecular flexibility index (Phi) is 5.46. The van der Waals surface area contributed by atoms with Gasteiger partial charge in [0.25, 0.3) is 0 Å². The summed E-state index contributed by atoms with van der Waals surface area (Å²) in [6, 6.07) is 14.0. The SMILES string of the molecule is COC(=O)C1(C(=O)OC)Cc2cc(B3OC(C)(C)C(C)(C)O3)c(-c3ccccc3)cc2C1. The normalized spacial score (nSPS) is 20.0. The van der Waals surface area contributed by atoms with E-state index in [1.54, 1.807) is 0 Å². The van der Waals surface area contributed by atoms with Gasteiger partial charge in [0.1, 0.15) is 0 Å². The van der Waals surface area contributed by atoms with Gasteiger partial charge in [0.2, 0.25) is 0 Å². The molecule has 6 nitrogen and oxygen atoms in total. The zero-order valence-electron chi connectivity index (χ0n) is 19.5. The van der Waals surface area contributed by atoms with Crippen molar-refractivity contribution < 1.29 is 28.4 Å². The van der Waals surface area contributed by atoms with E-state index >= 15 is 0 Å². The van der Waals surface area contributed by atoms with Crippen molar-refractivity contribution in [2.24, 2.45) is 5.41 Å². The van der Waals surface area contributed by atoms with Gasteiger partial charge in [-0.05, 0) is 68.3 Å². The van der Waals surface area contributed by atoms with Gasteiger partial charge in [-0.1, -0.05) is 42.5 Å². The minimum Gasteiger partial charge on any atom is -0.468 e. The first-order valence-corrected chi connectivity index (χ1v) is 10.8. The molecule has 2 aromatic rings. The van der Waals surface area contributed by atoms with Crippen molar-refractivity contribution in [2.75, 3.05) is 14.2 Å². The van der Waals surface area contributed by atoms with Crippen LogP contribution in [0.2, 0.25) is 0 Å². The van der Waals surface area contributed by atoms with E-state index in [0.29, 0.717) is 0 Å². The molecule has 0 aromatic heterocycles. The Bertz CT molecular complexity index is 1030. The Morgan fingerprint density at radius 2 is 1.34 bits per heavy atom. The van der Waals surface area contributed by atoms with Gasteiger partial charge in [-0.25, -0.2) is 0 Å². The average molecular weight is 436 g/mol. The minimum absolute atomic E-state index is 0.212. The maximum atomic E-state index is 12.7. The molecule has 0 bridgehead atoms. The average Bonchev–Trinajstić information content (AvgIpc) is 3.26. The van der Waals surface area contributed by atoms with Crippen molar-refractivity contribution in [3.63, 3.8) is 0 Å². The molecule has 0 N–H and O–H groups in total. The zero-order chi connectivity index (χ0) is 23.3. The highest BCUT2D eigenvalue weighted by Gasteiger charge is 2.55. The minimum atomic E-state index is -1.38. The number of esters is 2. The Morgan fingerprint density at radius 1 is 0.844 bits per heavy atom. The number of fused-ring (bicyclic) bond motifs is 1. The predicted molar refractivity (Wildman–Crippen MR) is 121 cm³/mol. The van der Waals surface area contributed by atoms with Gasteiger partial charge in [0.05, 0.1) is 25.4 Å². The third-order valence-electron chi connectivity index (χ3n) is 7.10. The van der Waals surface area contributed by atoms with Crippen molar-refractivity contribution >= 4 is 24.5 Å². The third kappa shape index (κ3) is 3.44. The molecule has 32 heavy (non-hydrogen) atoms. The molecule has 7 heteroatoms. The van der Waals surface area contributed by atoms with Crippen molar-refractivity contribution in [3.8, 4) is 11.1 Å². The molecule has 168 valence electrons. The van der Waals surface area contributed by atoms with Gasteiger partial charge in [0, 0.05) is 0 Å². The van der Waals surface area contributed by atoms with Gasteiger partial charge < -0.3 is 18.8 Å². The highest BCUT2D eigenvalue weighted by molar-refractivity contribution is 6.64. The fourth-order valence-corrected chi connectivity index (χ4v) is 4.55. The molecule has 0 saturated carbocycles. The quantitative estimate of drug-likeness (QED) is 0.417. The third-order valence-corrected chi connectivity index (χ3v) is 7.10. The molecule has 0 atom stereocenters. The lowest BCUT2D eigenvalue weighted by Crippen LogP contribution is -2.42. The van der Waals surface area contributed by atoms with Crippen molar-refractivity contribution in [1.82, 2.24) is 0 Å². The van der Waals surface area contributed by atoms with Crippen LogP contribution in [0, 0.1) is 5.41 Å². The Morgan fingerprint density at radius 3 is 1.84 bits per heavy atom. The second-order valence-corrected chi connectivity index (χ2v) is 9.58. The van der Waals surface area contributed by atoms with E-state index in [1.165, 1.54) is 14.2 Å². The van der Waals surface area contributed by atoms with Crippen LogP contribution in [0.5, 0.6) is 0 Å². The summed E-state index contributed by atoms with van der Waals surface area (Å²) >= 11 is 0. The van der Waals surface area contributed by atoms with Crippen LogP contribution in [0.1, 0.15) is 38.8 Å². The lowest BCUT2D eigenvalue weighted by molar-refractivity contribution is -0.168. The summed E-state index contributed by atoms with van der Waals surface area (Å²) in [7, 11) is 2.01. The first kappa shape index (κ1) is 22.6. The van der Waals surface area contributed by atoms with E-state index in [4.69, 9.17) is 18.8 Å². The molecule has 1 aliphatic carbocycles. The zero-order valence-corrected chi connectivity index (χ0v) is 19.5. The maximum Gasteiger partial charge on any atom is 0.495 e. The largest absolute Gasteiger partial charge is 0.495 e. The van der Waals surface area contributed by atoms with Crippen molar-refractivity contribution in [1.29, 1.82) is 0 Å². The van der Waals surface area contributed by atoms with Gasteiger partial charge >= 0.3 is 19.1 Å². The maximum absolute atomic E-state index is 12.7. The van der Waals surface area contributed by atoms with Gasteiger partial charge in [-0.15, -0.1) is 0 Å². The van der Waals surface area contributed by atoms with E-state index in [1.807, 2.05) is 70.2 Å².